The lowest BCUT2D eigenvalue weighted by molar-refractivity contribution is -0.384. The summed E-state index contributed by atoms with van der Waals surface area (Å²) in [7, 11) is 1.94. The van der Waals surface area contributed by atoms with E-state index < -0.39 is 4.92 Å². The Kier molecular flexibility index (Phi) is 8.36. The number of rotatable bonds is 10. The Morgan fingerprint density at radius 2 is 1.77 bits per heavy atom. The predicted molar refractivity (Wildman–Crippen MR) is 120 cm³/mol. The van der Waals surface area contributed by atoms with Crippen LogP contribution in [-0.4, -0.2) is 50.2 Å². The molecule has 0 N–H and O–H groups in total. The van der Waals surface area contributed by atoms with Gasteiger partial charge in [-0.3, -0.25) is 19.7 Å². The van der Waals surface area contributed by atoms with Crippen molar-refractivity contribution >= 4 is 17.5 Å². The number of nitro benzene ring substituents is 1. The summed E-state index contributed by atoms with van der Waals surface area (Å²) in [6.07, 6.45) is 2.63. The summed E-state index contributed by atoms with van der Waals surface area (Å²) in [4.78, 5) is 40.2. The first-order valence-corrected chi connectivity index (χ1v) is 10.6. The first-order chi connectivity index (χ1) is 14.6. The highest BCUT2D eigenvalue weighted by Crippen LogP contribution is 2.17. The fourth-order valence-corrected chi connectivity index (χ4v) is 3.34. The molecule has 0 unspecified atom stereocenters. The van der Waals surface area contributed by atoms with Crippen molar-refractivity contribution in [2.24, 2.45) is 13.0 Å². The summed E-state index contributed by atoms with van der Waals surface area (Å²) in [5.74, 6) is -0.141. The topological polar surface area (TPSA) is 88.7 Å². The number of aryl methyl sites for hydroxylation is 1. The molecule has 0 bridgehead atoms. The second-order valence-electron chi connectivity index (χ2n) is 8.27. The molecule has 0 fully saturated rings. The summed E-state index contributed by atoms with van der Waals surface area (Å²) < 4.78 is 1.98. The van der Waals surface area contributed by atoms with Crippen molar-refractivity contribution in [1.29, 1.82) is 0 Å². The molecule has 2 amide bonds. The molecule has 0 radical (unpaired) electrons. The van der Waals surface area contributed by atoms with E-state index in [0.29, 0.717) is 25.1 Å². The van der Waals surface area contributed by atoms with Crippen LogP contribution in [0.2, 0.25) is 0 Å². The van der Waals surface area contributed by atoms with Crippen LogP contribution in [0.5, 0.6) is 0 Å². The van der Waals surface area contributed by atoms with E-state index in [1.165, 1.54) is 24.3 Å². The van der Waals surface area contributed by atoms with Crippen molar-refractivity contribution < 1.29 is 14.5 Å². The zero-order valence-corrected chi connectivity index (χ0v) is 18.9. The van der Waals surface area contributed by atoms with E-state index in [1.54, 1.807) is 9.80 Å². The van der Waals surface area contributed by atoms with Crippen LogP contribution >= 0.6 is 0 Å². The molecule has 1 aromatic carbocycles. The van der Waals surface area contributed by atoms with E-state index in [2.05, 4.69) is 13.8 Å². The van der Waals surface area contributed by atoms with Crippen LogP contribution in [0.15, 0.2) is 42.6 Å². The molecule has 8 nitrogen and oxygen atoms in total. The third-order valence-corrected chi connectivity index (χ3v) is 5.36. The number of nitrogens with zero attached hydrogens (tertiary/aromatic N) is 4. The average molecular weight is 429 g/mol. The molecular formula is C23H32N4O4. The van der Waals surface area contributed by atoms with Crippen molar-refractivity contribution in [2.45, 2.75) is 46.7 Å². The maximum Gasteiger partial charge on any atom is 0.269 e. The van der Waals surface area contributed by atoms with Gasteiger partial charge in [-0.05, 0) is 43.5 Å². The van der Waals surface area contributed by atoms with Gasteiger partial charge in [-0.25, -0.2) is 0 Å². The van der Waals surface area contributed by atoms with Gasteiger partial charge >= 0.3 is 0 Å². The van der Waals surface area contributed by atoms with Crippen molar-refractivity contribution in [1.82, 2.24) is 14.4 Å². The second-order valence-corrected chi connectivity index (χ2v) is 8.27. The molecule has 168 valence electrons. The zero-order chi connectivity index (χ0) is 23.1. The zero-order valence-electron chi connectivity index (χ0n) is 18.9. The van der Waals surface area contributed by atoms with Gasteiger partial charge in [0.25, 0.3) is 11.6 Å². The van der Waals surface area contributed by atoms with Crippen LogP contribution < -0.4 is 0 Å². The fourth-order valence-electron chi connectivity index (χ4n) is 3.34. The number of carbonyl (C=O) groups is 2. The van der Waals surface area contributed by atoms with Gasteiger partial charge in [0.15, 0.2) is 0 Å². The first kappa shape index (κ1) is 24.1. The second kappa shape index (κ2) is 10.7. The van der Waals surface area contributed by atoms with Gasteiger partial charge in [0.05, 0.1) is 11.5 Å². The largest absolute Gasteiger partial charge is 0.353 e. The van der Waals surface area contributed by atoms with E-state index in [1.807, 2.05) is 43.8 Å². The number of non-ortho nitro benzene ring substituents is 1. The molecule has 0 aliphatic carbocycles. The molecule has 0 saturated carbocycles. The number of hydrogen-bond donors (Lipinski definition) is 0. The van der Waals surface area contributed by atoms with Crippen molar-refractivity contribution in [3.05, 3.63) is 64.0 Å². The molecule has 2 rings (SSSR count). The van der Waals surface area contributed by atoms with E-state index >= 15 is 0 Å². The molecule has 0 aliphatic heterocycles. The molecular weight excluding hydrogens is 396 g/mol. The molecule has 31 heavy (non-hydrogen) atoms. The maximum atomic E-state index is 13.3. The minimum Gasteiger partial charge on any atom is -0.353 e. The summed E-state index contributed by atoms with van der Waals surface area (Å²) in [5.41, 5.74) is 1.27. The van der Waals surface area contributed by atoms with Crippen LogP contribution in [0.1, 0.15) is 50.2 Å². The van der Waals surface area contributed by atoms with Crippen LogP contribution in [0, 0.1) is 16.0 Å². The number of benzene rings is 1. The number of nitro groups is 1. The summed E-state index contributed by atoms with van der Waals surface area (Å²) in [5, 5.41) is 10.9. The summed E-state index contributed by atoms with van der Waals surface area (Å²) in [6, 6.07) is 9.27. The molecule has 0 saturated heterocycles. The van der Waals surface area contributed by atoms with Crippen molar-refractivity contribution in [3.63, 3.8) is 0 Å². The van der Waals surface area contributed by atoms with Gasteiger partial charge in [0.2, 0.25) is 5.91 Å². The summed E-state index contributed by atoms with van der Waals surface area (Å²) in [6.45, 7) is 8.99. The average Bonchev–Trinajstić information content (AvgIpc) is 3.14. The van der Waals surface area contributed by atoms with Crippen LogP contribution in [-0.2, 0) is 18.4 Å². The van der Waals surface area contributed by atoms with Gasteiger partial charge in [-0.2, -0.15) is 0 Å². The van der Waals surface area contributed by atoms with E-state index in [9.17, 15) is 19.7 Å². The SMILES string of the molecule is CC[C@@H](C)N(CC(=O)N(Cc1cccn1C)CC(C)C)C(=O)c1ccc([N+](=O)[O-])cc1. The monoisotopic (exact) mass is 428 g/mol. The molecule has 0 aliphatic rings. The van der Waals surface area contributed by atoms with Gasteiger partial charge in [0.1, 0.15) is 6.54 Å². The predicted octanol–water partition coefficient (Wildman–Crippen LogP) is 3.86. The Balaban J connectivity index is 2.23. The van der Waals surface area contributed by atoms with E-state index in [-0.39, 0.29) is 36.0 Å². The normalized spacial score (nSPS) is 11.9. The highest BCUT2D eigenvalue weighted by molar-refractivity contribution is 5.97. The quantitative estimate of drug-likeness (QED) is 0.425. The van der Waals surface area contributed by atoms with Gasteiger partial charge in [-0.1, -0.05) is 20.8 Å². The Bertz CT molecular complexity index is 905. The Morgan fingerprint density at radius 1 is 1.13 bits per heavy atom. The third-order valence-electron chi connectivity index (χ3n) is 5.36. The number of hydrogen-bond acceptors (Lipinski definition) is 4. The van der Waals surface area contributed by atoms with Gasteiger partial charge < -0.3 is 14.4 Å². The van der Waals surface area contributed by atoms with E-state index in [4.69, 9.17) is 0 Å². The molecule has 0 spiro atoms. The van der Waals surface area contributed by atoms with Crippen LogP contribution in [0.4, 0.5) is 5.69 Å². The Hall–Kier alpha value is -3.16. The van der Waals surface area contributed by atoms with Crippen LogP contribution in [0.3, 0.4) is 0 Å². The molecule has 1 aromatic heterocycles. The molecule has 2 aromatic rings. The standard InChI is InChI=1S/C23H32N4O4/c1-6-18(4)26(23(29)19-9-11-20(12-10-19)27(30)31)16-22(28)25(14-17(2)3)15-21-8-7-13-24(21)5/h7-13,17-18H,6,14-16H2,1-5H3/t18-/m1/s1. The molecule has 1 heterocycles. The summed E-state index contributed by atoms with van der Waals surface area (Å²) >= 11 is 0. The lowest BCUT2D eigenvalue weighted by atomic mass is 10.1. The number of carbonyl (C=O) groups excluding carboxylic acids is 2. The first-order valence-electron chi connectivity index (χ1n) is 10.6. The highest BCUT2D eigenvalue weighted by atomic mass is 16.6. The Labute approximate surface area is 183 Å². The van der Waals surface area contributed by atoms with Gasteiger partial charge in [0, 0.05) is 49.2 Å². The highest BCUT2D eigenvalue weighted by Gasteiger charge is 2.26. The lowest BCUT2D eigenvalue weighted by Crippen LogP contribution is -2.47. The lowest BCUT2D eigenvalue weighted by Gasteiger charge is -2.32. The number of aromatic nitrogens is 1. The van der Waals surface area contributed by atoms with Crippen molar-refractivity contribution in [2.75, 3.05) is 13.1 Å². The minimum absolute atomic E-state index is 0.0397. The number of amides is 2. The third kappa shape index (κ3) is 6.41. The van der Waals surface area contributed by atoms with Crippen molar-refractivity contribution in [3.8, 4) is 0 Å². The minimum atomic E-state index is -0.502. The van der Waals surface area contributed by atoms with E-state index in [0.717, 1.165) is 5.69 Å². The molecule has 8 heteroatoms. The smallest absolute Gasteiger partial charge is 0.269 e. The maximum absolute atomic E-state index is 13.3. The van der Waals surface area contributed by atoms with Gasteiger partial charge in [-0.15, -0.1) is 0 Å². The molecule has 1 atom stereocenters. The Morgan fingerprint density at radius 3 is 2.26 bits per heavy atom. The fraction of sp³-hybridized carbons (Fsp3) is 0.478. The van der Waals surface area contributed by atoms with Crippen LogP contribution in [0.25, 0.3) is 0 Å².